The smallest absolute Gasteiger partial charge is 0.142 e. The Hall–Kier alpha value is -1.94. The van der Waals surface area contributed by atoms with Crippen molar-refractivity contribution < 1.29 is 4.39 Å². The summed E-state index contributed by atoms with van der Waals surface area (Å²) in [6.45, 7) is 0. The van der Waals surface area contributed by atoms with Crippen molar-refractivity contribution in [1.29, 1.82) is 0 Å². The summed E-state index contributed by atoms with van der Waals surface area (Å²) in [5, 5.41) is 1.66. The first kappa shape index (κ1) is 18.1. The third-order valence-electron chi connectivity index (χ3n) is 5.30. The van der Waals surface area contributed by atoms with E-state index in [1.54, 1.807) is 11.3 Å². The molecular weight excluding hydrogens is 412 g/mol. The number of thiophene rings is 1. The molecule has 0 unspecified atom stereocenters. The van der Waals surface area contributed by atoms with Crippen molar-refractivity contribution in [3.05, 3.63) is 74.8 Å². The van der Waals surface area contributed by atoms with Crippen LogP contribution in [0.1, 0.15) is 23.3 Å². The van der Waals surface area contributed by atoms with Crippen LogP contribution < -0.4 is 0 Å². The Balaban J connectivity index is 1.82. The number of fused-ring (bicyclic) bond motifs is 3. The number of pyridine rings is 1. The highest BCUT2D eigenvalue weighted by molar-refractivity contribution is 7.19. The average Bonchev–Trinajstić information content (AvgIpc) is 3.09. The molecule has 0 saturated carbocycles. The van der Waals surface area contributed by atoms with Crippen LogP contribution in [-0.2, 0) is 12.8 Å². The minimum Gasteiger partial charge on any atom is -0.237 e. The maximum absolute atomic E-state index is 14.2. The van der Waals surface area contributed by atoms with Crippen molar-refractivity contribution in [2.45, 2.75) is 25.7 Å². The van der Waals surface area contributed by atoms with Crippen LogP contribution in [0.2, 0.25) is 10.0 Å². The molecule has 0 atom stereocenters. The van der Waals surface area contributed by atoms with Crippen molar-refractivity contribution in [2.24, 2.45) is 0 Å². The zero-order valence-electron chi connectivity index (χ0n) is 14.9. The summed E-state index contributed by atoms with van der Waals surface area (Å²) in [6, 6.07) is 15.2. The van der Waals surface area contributed by atoms with Gasteiger partial charge in [0.05, 0.1) is 15.7 Å². The van der Waals surface area contributed by atoms with Crippen LogP contribution in [0.3, 0.4) is 0 Å². The highest BCUT2D eigenvalue weighted by atomic mass is 35.5. The van der Waals surface area contributed by atoms with E-state index in [1.165, 1.54) is 40.8 Å². The standard InChI is InChI=1S/C23H16Cl2FNS/c24-17-12-18(25)19(26)10-16(17)20-11-15(13-6-2-1-3-7-13)22-14-8-4-5-9-21(14)28-23(22)27-20/h1-3,6-7,10-12H,4-5,8-9H2. The van der Waals surface area contributed by atoms with Gasteiger partial charge in [0.25, 0.3) is 0 Å². The molecule has 2 aromatic carbocycles. The molecule has 0 fully saturated rings. The molecule has 1 aliphatic carbocycles. The molecule has 0 N–H and O–H groups in total. The Bertz CT molecular complexity index is 1200. The molecule has 5 rings (SSSR count). The molecule has 0 spiro atoms. The van der Waals surface area contributed by atoms with Gasteiger partial charge in [0.2, 0.25) is 0 Å². The molecule has 4 aromatic rings. The molecule has 1 aliphatic rings. The summed E-state index contributed by atoms with van der Waals surface area (Å²) >= 11 is 14.0. The molecule has 0 radical (unpaired) electrons. The Labute approximate surface area is 176 Å². The molecule has 0 aliphatic heterocycles. The largest absolute Gasteiger partial charge is 0.237 e. The second kappa shape index (κ2) is 7.14. The molecule has 5 heteroatoms. The first-order valence-electron chi connectivity index (χ1n) is 9.27. The summed E-state index contributed by atoms with van der Waals surface area (Å²) in [4.78, 5) is 7.31. The van der Waals surface area contributed by atoms with E-state index in [-0.39, 0.29) is 5.02 Å². The van der Waals surface area contributed by atoms with Crippen LogP contribution in [0.25, 0.3) is 32.6 Å². The maximum Gasteiger partial charge on any atom is 0.142 e. The summed E-state index contributed by atoms with van der Waals surface area (Å²) in [5.74, 6) is -0.491. The van der Waals surface area contributed by atoms with E-state index in [9.17, 15) is 4.39 Å². The van der Waals surface area contributed by atoms with E-state index >= 15 is 0 Å². The highest BCUT2D eigenvalue weighted by Gasteiger charge is 2.22. The zero-order chi connectivity index (χ0) is 19.3. The molecule has 0 saturated heterocycles. The van der Waals surface area contributed by atoms with Gasteiger partial charge in [-0.3, -0.25) is 0 Å². The third-order valence-corrected chi connectivity index (χ3v) is 7.08. The van der Waals surface area contributed by atoms with Crippen LogP contribution in [0.15, 0.2) is 48.5 Å². The molecule has 2 aromatic heterocycles. The third kappa shape index (κ3) is 3.02. The number of benzene rings is 2. The Morgan fingerprint density at radius 2 is 1.68 bits per heavy atom. The van der Waals surface area contributed by atoms with Gasteiger partial charge in [-0.05, 0) is 60.6 Å². The summed E-state index contributed by atoms with van der Waals surface area (Å²) in [5.41, 5.74) is 4.93. The first-order chi connectivity index (χ1) is 13.6. The normalized spacial score (nSPS) is 13.7. The molecule has 0 bridgehead atoms. The predicted octanol–water partition coefficient (Wildman–Crippen LogP) is 7.96. The number of hydrogen-bond acceptors (Lipinski definition) is 2. The van der Waals surface area contributed by atoms with E-state index in [1.807, 2.05) is 24.3 Å². The van der Waals surface area contributed by atoms with Gasteiger partial charge in [-0.25, -0.2) is 9.37 Å². The van der Waals surface area contributed by atoms with E-state index in [2.05, 4.69) is 12.1 Å². The topological polar surface area (TPSA) is 12.9 Å². The van der Waals surface area contributed by atoms with Crippen LogP contribution in [-0.4, -0.2) is 4.98 Å². The Kier molecular flexibility index (Phi) is 4.62. The Morgan fingerprint density at radius 1 is 0.893 bits per heavy atom. The number of halogens is 3. The fourth-order valence-corrected chi connectivity index (χ4v) is 5.73. The second-order valence-electron chi connectivity index (χ2n) is 7.06. The van der Waals surface area contributed by atoms with Gasteiger partial charge in [0.1, 0.15) is 10.6 Å². The minimum atomic E-state index is -0.491. The average molecular weight is 428 g/mol. The van der Waals surface area contributed by atoms with Gasteiger partial charge in [0, 0.05) is 15.8 Å². The molecule has 2 heterocycles. The fourth-order valence-electron chi connectivity index (χ4n) is 3.96. The molecule has 0 amide bonds. The number of aryl methyl sites for hydroxylation is 2. The molecular formula is C23H16Cl2FNS. The summed E-state index contributed by atoms with van der Waals surface area (Å²) in [6.07, 6.45) is 4.63. The van der Waals surface area contributed by atoms with Gasteiger partial charge >= 0.3 is 0 Å². The van der Waals surface area contributed by atoms with Gasteiger partial charge in [-0.1, -0.05) is 53.5 Å². The lowest BCUT2D eigenvalue weighted by molar-refractivity contribution is 0.628. The van der Waals surface area contributed by atoms with Crippen molar-refractivity contribution in [3.63, 3.8) is 0 Å². The van der Waals surface area contributed by atoms with E-state index < -0.39 is 5.82 Å². The van der Waals surface area contributed by atoms with E-state index in [4.69, 9.17) is 28.2 Å². The summed E-state index contributed by atoms with van der Waals surface area (Å²) in [7, 11) is 0. The van der Waals surface area contributed by atoms with Gasteiger partial charge in [-0.15, -0.1) is 11.3 Å². The van der Waals surface area contributed by atoms with E-state index in [0.29, 0.717) is 16.3 Å². The van der Waals surface area contributed by atoms with Crippen molar-refractivity contribution in [3.8, 4) is 22.4 Å². The van der Waals surface area contributed by atoms with Crippen LogP contribution in [0.5, 0.6) is 0 Å². The molecule has 28 heavy (non-hydrogen) atoms. The Morgan fingerprint density at radius 3 is 2.50 bits per heavy atom. The van der Waals surface area contributed by atoms with Gasteiger partial charge < -0.3 is 0 Å². The second-order valence-corrected chi connectivity index (χ2v) is 8.96. The monoisotopic (exact) mass is 427 g/mol. The van der Waals surface area contributed by atoms with Gasteiger partial charge in [0.15, 0.2) is 0 Å². The first-order valence-corrected chi connectivity index (χ1v) is 10.8. The summed E-state index contributed by atoms with van der Waals surface area (Å²) < 4.78 is 14.2. The van der Waals surface area contributed by atoms with Crippen molar-refractivity contribution >= 4 is 44.8 Å². The number of hydrogen-bond donors (Lipinski definition) is 0. The molecule has 140 valence electrons. The van der Waals surface area contributed by atoms with Crippen LogP contribution in [0.4, 0.5) is 4.39 Å². The fraction of sp³-hybridized carbons (Fsp3) is 0.174. The highest BCUT2D eigenvalue weighted by Crippen LogP contribution is 2.43. The lowest BCUT2D eigenvalue weighted by Crippen LogP contribution is -1.99. The zero-order valence-corrected chi connectivity index (χ0v) is 17.3. The van der Waals surface area contributed by atoms with Crippen molar-refractivity contribution in [1.82, 2.24) is 4.98 Å². The lowest BCUT2D eigenvalue weighted by atomic mass is 9.92. The lowest BCUT2D eigenvalue weighted by Gasteiger charge is -2.14. The van der Waals surface area contributed by atoms with Gasteiger partial charge in [-0.2, -0.15) is 0 Å². The minimum absolute atomic E-state index is 0.0182. The number of aromatic nitrogens is 1. The SMILES string of the molecule is Fc1cc(-c2cc(-c3ccccc3)c3c4c(sc3n2)CCCC4)c(Cl)cc1Cl. The maximum atomic E-state index is 14.2. The number of nitrogens with zero attached hydrogens (tertiary/aromatic N) is 1. The van der Waals surface area contributed by atoms with Crippen LogP contribution >= 0.6 is 34.5 Å². The predicted molar refractivity (Wildman–Crippen MR) is 117 cm³/mol. The van der Waals surface area contributed by atoms with Crippen LogP contribution in [0, 0.1) is 5.82 Å². The van der Waals surface area contributed by atoms with Crippen molar-refractivity contribution in [2.75, 3.05) is 0 Å². The quantitative estimate of drug-likeness (QED) is 0.295. The molecule has 1 nitrogen and oxygen atoms in total. The van der Waals surface area contributed by atoms with E-state index in [0.717, 1.165) is 28.8 Å². The number of rotatable bonds is 2.